The fourth-order valence-corrected chi connectivity index (χ4v) is 7.78. The molecule has 0 bridgehead atoms. The maximum atomic E-state index is 6.07. The van der Waals surface area contributed by atoms with Gasteiger partial charge in [-0.05, 0) is 107 Å². The Morgan fingerprint density at radius 2 is 1.26 bits per heavy atom. The number of fused-ring (bicyclic) bond motifs is 4. The lowest BCUT2D eigenvalue weighted by Gasteiger charge is -2.13. The van der Waals surface area contributed by atoms with E-state index in [1.165, 1.54) is 55.4 Å². The molecular weight excluding hydrogens is 655 g/mol. The molecule has 2 heteroatoms. The van der Waals surface area contributed by atoms with E-state index in [1.807, 2.05) is 18.2 Å². The molecule has 0 aliphatic heterocycles. The molecular formula is C52H45NO. The summed E-state index contributed by atoms with van der Waals surface area (Å²) in [6, 6.07) is 50.3. The Balaban J connectivity index is 1.05. The number of aromatic nitrogens is 1. The lowest BCUT2D eigenvalue weighted by atomic mass is 9.93. The highest BCUT2D eigenvalue weighted by Crippen LogP contribution is 2.35. The number of allylic oxidation sites excluding steroid dienone is 5. The van der Waals surface area contributed by atoms with Crippen LogP contribution in [-0.4, -0.2) is 4.57 Å². The number of benzene rings is 6. The van der Waals surface area contributed by atoms with Crippen molar-refractivity contribution in [3.63, 3.8) is 0 Å². The Morgan fingerprint density at radius 3 is 1.94 bits per heavy atom. The molecule has 2 aromatic heterocycles. The van der Waals surface area contributed by atoms with E-state index < -0.39 is 0 Å². The first kappa shape index (κ1) is 34.7. The van der Waals surface area contributed by atoms with Crippen LogP contribution < -0.4 is 0 Å². The highest BCUT2D eigenvalue weighted by atomic mass is 16.3. The molecule has 54 heavy (non-hydrogen) atoms. The van der Waals surface area contributed by atoms with Gasteiger partial charge in [0.2, 0.25) is 0 Å². The van der Waals surface area contributed by atoms with E-state index in [4.69, 9.17) is 4.42 Å². The molecule has 0 N–H and O–H groups in total. The van der Waals surface area contributed by atoms with Crippen LogP contribution in [0.5, 0.6) is 0 Å². The summed E-state index contributed by atoms with van der Waals surface area (Å²) < 4.78 is 8.40. The average molecular weight is 700 g/mol. The molecule has 0 spiro atoms. The van der Waals surface area contributed by atoms with Crippen LogP contribution in [0.3, 0.4) is 0 Å². The molecule has 2 nitrogen and oxygen atoms in total. The maximum absolute atomic E-state index is 6.07. The molecule has 8 aromatic rings. The Bertz CT molecular complexity index is 2690. The topological polar surface area (TPSA) is 18.1 Å². The van der Waals surface area contributed by atoms with Crippen molar-refractivity contribution in [2.45, 2.75) is 40.0 Å². The molecule has 0 amide bonds. The number of rotatable bonds is 11. The SMILES string of the molecule is C=Cc1c(/C=C\C)n(-c2ccc(-c3ccc(/C(=C/C(=C/CC)c4ccc(-c5ccc6oc7ccccc7c6c5)cc4)CCC)cc3)cc2)c2ccccc12. The van der Waals surface area contributed by atoms with E-state index in [0.717, 1.165) is 58.1 Å². The van der Waals surface area contributed by atoms with E-state index in [2.05, 4.69) is 184 Å². The van der Waals surface area contributed by atoms with Crippen LogP contribution in [0.1, 0.15) is 62.4 Å². The highest BCUT2D eigenvalue weighted by molar-refractivity contribution is 6.06. The molecule has 0 unspecified atom stereocenters. The second-order valence-corrected chi connectivity index (χ2v) is 13.9. The summed E-state index contributed by atoms with van der Waals surface area (Å²) in [7, 11) is 0. The minimum atomic E-state index is 0.923. The second-order valence-electron chi connectivity index (χ2n) is 13.9. The van der Waals surface area contributed by atoms with Crippen molar-refractivity contribution in [2.24, 2.45) is 0 Å². The van der Waals surface area contributed by atoms with Gasteiger partial charge in [-0.2, -0.15) is 0 Å². The molecule has 0 aliphatic carbocycles. The number of hydrogen-bond acceptors (Lipinski definition) is 1. The van der Waals surface area contributed by atoms with Gasteiger partial charge < -0.3 is 8.98 Å². The third kappa shape index (κ3) is 6.57. The predicted molar refractivity (Wildman–Crippen MR) is 234 cm³/mol. The number of para-hydroxylation sites is 2. The van der Waals surface area contributed by atoms with Gasteiger partial charge in [0.15, 0.2) is 0 Å². The fourth-order valence-electron chi connectivity index (χ4n) is 7.78. The van der Waals surface area contributed by atoms with Crippen LogP contribution in [0, 0.1) is 0 Å². The van der Waals surface area contributed by atoms with Gasteiger partial charge in [-0.25, -0.2) is 0 Å². The Kier molecular flexibility index (Phi) is 9.83. The third-order valence-corrected chi connectivity index (χ3v) is 10.4. The molecule has 2 heterocycles. The molecule has 0 saturated heterocycles. The van der Waals surface area contributed by atoms with E-state index in [1.54, 1.807) is 0 Å². The third-order valence-electron chi connectivity index (χ3n) is 10.4. The fraction of sp³-hybridized carbons (Fsp3) is 0.115. The minimum absolute atomic E-state index is 0.923. The quantitative estimate of drug-likeness (QED) is 0.123. The normalized spacial score (nSPS) is 12.4. The highest BCUT2D eigenvalue weighted by Gasteiger charge is 2.15. The van der Waals surface area contributed by atoms with Crippen LogP contribution in [0.15, 0.2) is 169 Å². The van der Waals surface area contributed by atoms with Crippen LogP contribution in [0.25, 0.3) is 84.1 Å². The standard InChI is InChI=1S/C52H45NO/c1-5-13-41(34-42(14-6-2)39-24-26-40(27-25-39)43-30-33-52-48(35-43)47-17-10-12-19-51(47)54-52)38-22-20-36(21-23-38)37-28-31-44(32-29-37)53-49(15-7-3)45(8-4)46-16-9-11-18-50(46)53/h7-12,14-35H,4-6,13H2,1-3H3/b15-7-,41-34+,42-14-. The van der Waals surface area contributed by atoms with Gasteiger partial charge in [-0.1, -0.05) is 154 Å². The average Bonchev–Trinajstić information content (AvgIpc) is 3.75. The summed E-state index contributed by atoms with van der Waals surface area (Å²) in [6.45, 7) is 10.7. The number of hydrogen-bond donors (Lipinski definition) is 0. The molecule has 8 rings (SSSR count). The zero-order valence-corrected chi connectivity index (χ0v) is 31.3. The van der Waals surface area contributed by atoms with Crippen molar-refractivity contribution in [1.82, 2.24) is 4.57 Å². The van der Waals surface area contributed by atoms with E-state index in [9.17, 15) is 0 Å². The molecule has 0 aliphatic rings. The summed E-state index contributed by atoms with van der Waals surface area (Å²) in [4.78, 5) is 0. The van der Waals surface area contributed by atoms with Crippen LogP contribution in [-0.2, 0) is 0 Å². The zero-order valence-electron chi connectivity index (χ0n) is 31.3. The zero-order chi connectivity index (χ0) is 37.0. The molecule has 0 saturated carbocycles. The predicted octanol–water partition coefficient (Wildman–Crippen LogP) is 15.2. The summed E-state index contributed by atoms with van der Waals surface area (Å²) in [5, 5.41) is 3.52. The molecule has 0 radical (unpaired) electrons. The van der Waals surface area contributed by atoms with Crippen LogP contribution in [0.4, 0.5) is 0 Å². The Morgan fingerprint density at radius 1 is 0.648 bits per heavy atom. The van der Waals surface area contributed by atoms with Crippen molar-refractivity contribution >= 4 is 56.1 Å². The van der Waals surface area contributed by atoms with Crippen molar-refractivity contribution in [3.05, 3.63) is 187 Å². The van der Waals surface area contributed by atoms with Crippen LogP contribution in [0.2, 0.25) is 0 Å². The van der Waals surface area contributed by atoms with E-state index in [0.29, 0.717) is 0 Å². The van der Waals surface area contributed by atoms with Gasteiger partial charge in [0.25, 0.3) is 0 Å². The Hall–Kier alpha value is -6.38. The molecule has 264 valence electrons. The van der Waals surface area contributed by atoms with Gasteiger partial charge in [-0.15, -0.1) is 0 Å². The van der Waals surface area contributed by atoms with Crippen molar-refractivity contribution in [2.75, 3.05) is 0 Å². The van der Waals surface area contributed by atoms with Gasteiger partial charge in [-0.3, -0.25) is 0 Å². The Labute approximate surface area is 318 Å². The van der Waals surface area contributed by atoms with Gasteiger partial charge in [0.1, 0.15) is 11.2 Å². The van der Waals surface area contributed by atoms with Crippen LogP contribution >= 0.6 is 0 Å². The summed E-state index contributed by atoms with van der Waals surface area (Å²) in [6.07, 6.45) is 14.0. The molecule has 6 aromatic carbocycles. The van der Waals surface area contributed by atoms with Crippen molar-refractivity contribution in [3.8, 4) is 27.9 Å². The number of nitrogens with zero attached hydrogens (tertiary/aromatic N) is 1. The monoisotopic (exact) mass is 699 g/mol. The largest absolute Gasteiger partial charge is 0.456 e. The molecule has 0 atom stereocenters. The summed E-state index contributed by atoms with van der Waals surface area (Å²) >= 11 is 0. The van der Waals surface area contributed by atoms with Crippen molar-refractivity contribution < 1.29 is 4.42 Å². The van der Waals surface area contributed by atoms with E-state index in [-0.39, 0.29) is 0 Å². The first-order valence-corrected chi connectivity index (χ1v) is 19.1. The summed E-state index contributed by atoms with van der Waals surface area (Å²) in [5.41, 5.74) is 16.4. The maximum Gasteiger partial charge on any atom is 0.135 e. The smallest absolute Gasteiger partial charge is 0.135 e. The first-order valence-electron chi connectivity index (χ1n) is 19.1. The van der Waals surface area contributed by atoms with Crippen molar-refractivity contribution in [1.29, 1.82) is 0 Å². The molecule has 0 fully saturated rings. The van der Waals surface area contributed by atoms with E-state index >= 15 is 0 Å². The lowest BCUT2D eigenvalue weighted by Crippen LogP contribution is -1.97. The summed E-state index contributed by atoms with van der Waals surface area (Å²) in [5.74, 6) is 0. The number of furan rings is 1. The van der Waals surface area contributed by atoms with Gasteiger partial charge in [0, 0.05) is 27.4 Å². The second kappa shape index (κ2) is 15.3. The van der Waals surface area contributed by atoms with Gasteiger partial charge in [0.05, 0.1) is 11.2 Å². The van der Waals surface area contributed by atoms with Gasteiger partial charge >= 0.3 is 0 Å². The lowest BCUT2D eigenvalue weighted by molar-refractivity contribution is 0.669. The first-order chi connectivity index (χ1) is 26.6. The minimum Gasteiger partial charge on any atom is -0.456 e.